The molecule has 0 saturated heterocycles. The van der Waals surface area contributed by atoms with Crippen molar-refractivity contribution in [3.63, 3.8) is 0 Å². The number of hydrogen-bond donors (Lipinski definition) is 2. The van der Waals surface area contributed by atoms with Gasteiger partial charge in [-0.25, -0.2) is 0 Å². The molecule has 1 aromatic heterocycles. The van der Waals surface area contributed by atoms with Gasteiger partial charge in [-0.3, -0.25) is 4.79 Å². The summed E-state index contributed by atoms with van der Waals surface area (Å²) in [6, 6.07) is 11.7. The molecule has 0 bridgehead atoms. The van der Waals surface area contributed by atoms with Crippen LogP contribution in [-0.4, -0.2) is 15.6 Å². The van der Waals surface area contributed by atoms with E-state index < -0.39 is 17.6 Å². The lowest BCUT2D eigenvalue weighted by Crippen LogP contribution is -2.14. The standard InChI is InChI=1S/C24H25F3N2O2/c1-3-4-20-22(17-7-9-18(10-8-17)24(25,26)27)21(23(28)31)15(2)29(20)14-13-16-5-11-19(30)12-6-16/h5-12,30H,3-4,13-14H2,1-2H3,(H2,28,31). The first-order valence-electron chi connectivity index (χ1n) is 10.1. The Morgan fingerprint density at radius 3 is 2.16 bits per heavy atom. The summed E-state index contributed by atoms with van der Waals surface area (Å²) in [4.78, 5) is 12.3. The van der Waals surface area contributed by atoms with Crippen molar-refractivity contribution in [1.29, 1.82) is 0 Å². The molecule has 0 atom stereocenters. The van der Waals surface area contributed by atoms with Crippen LogP contribution in [0.15, 0.2) is 48.5 Å². The van der Waals surface area contributed by atoms with Crippen molar-refractivity contribution in [2.24, 2.45) is 5.73 Å². The fraction of sp³-hybridized carbons (Fsp3) is 0.292. The van der Waals surface area contributed by atoms with Crippen molar-refractivity contribution in [2.45, 2.75) is 45.8 Å². The number of aryl methyl sites for hydroxylation is 1. The molecule has 31 heavy (non-hydrogen) atoms. The first-order valence-corrected chi connectivity index (χ1v) is 10.1. The minimum absolute atomic E-state index is 0.188. The predicted molar refractivity (Wildman–Crippen MR) is 114 cm³/mol. The van der Waals surface area contributed by atoms with Crippen LogP contribution >= 0.6 is 0 Å². The normalized spacial score (nSPS) is 11.6. The van der Waals surface area contributed by atoms with Gasteiger partial charge >= 0.3 is 6.18 Å². The second-order valence-electron chi connectivity index (χ2n) is 7.54. The topological polar surface area (TPSA) is 68.2 Å². The molecule has 0 unspecified atom stereocenters. The number of alkyl halides is 3. The third kappa shape index (κ3) is 4.76. The Labute approximate surface area is 179 Å². The van der Waals surface area contributed by atoms with Crippen LogP contribution in [-0.2, 0) is 25.6 Å². The Balaban J connectivity index is 2.08. The number of carbonyl (C=O) groups excluding carboxylic acids is 1. The van der Waals surface area contributed by atoms with Crippen LogP contribution in [0.25, 0.3) is 11.1 Å². The number of amides is 1. The van der Waals surface area contributed by atoms with Gasteiger partial charge < -0.3 is 15.4 Å². The van der Waals surface area contributed by atoms with Gasteiger partial charge in [-0.2, -0.15) is 13.2 Å². The molecule has 3 rings (SSSR count). The van der Waals surface area contributed by atoms with E-state index in [4.69, 9.17) is 5.73 Å². The maximum atomic E-state index is 13.0. The van der Waals surface area contributed by atoms with Crippen molar-refractivity contribution in [2.75, 3.05) is 0 Å². The Bertz CT molecular complexity index is 1070. The van der Waals surface area contributed by atoms with Gasteiger partial charge in [0.2, 0.25) is 0 Å². The van der Waals surface area contributed by atoms with Crippen molar-refractivity contribution in [3.8, 4) is 16.9 Å². The number of hydrogen-bond acceptors (Lipinski definition) is 2. The van der Waals surface area contributed by atoms with Crippen LogP contribution in [0.4, 0.5) is 13.2 Å². The van der Waals surface area contributed by atoms with Crippen molar-refractivity contribution >= 4 is 5.91 Å². The monoisotopic (exact) mass is 430 g/mol. The van der Waals surface area contributed by atoms with Crippen molar-refractivity contribution < 1.29 is 23.1 Å². The van der Waals surface area contributed by atoms with Gasteiger partial charge in [0, 0.05) is 23.5 Å². The number of phenolic OH excluding ortho intramolecular Hbond substituents is 1. The van der Waals surface area contributed by atoms with E-state index >= 15 is 0 Å². The first-order chi connectivity index (χ1) is 14.6. The zero-order valence-electron chi connectivity index (χ0n) is 17.5. The largest absolute Gasteiger partial charge is 0.508 e. The maximum Gasteiger partial charge on any atom is 0.416 e. The average molecular weight is 430 g/mol. The summed E-state index contributed by atoms with van der Waals surface area (Å²) in [7, 11) is 0. The Kier molecular flexibility index (Phi) is 6.43. The van der Waals surface area contributed by atoms with E-state index in [0.29, 0.717) is 41.8 Å². The summed E-state index contributed by atoms with van der Waals surface area (Å²) in [5.41, 5.74) is 9.04. The van der Waals surface area contributed by atoms with Gasteiger partial charge in [-0.15, -0.1) is 0 Å². The number of halogens is 3. The second-order valence-corrected chi connectivity index (χ2v) is 7.54. The minimum Gasteiger partial charge on any atom is -0.508 e. The van der Waals surface area contributed by atoms with Crippen LogP contribution in [0.3, 0.4) is 0 Å². The molecular formula is C24H25F3N2O2. The molecular weight excluding hydrogens is 405 g/mol. The van der Waals surface area contributed by atoms with E-state index in [9.17, 15) is 23.1 Å². The van der Waals surface area contributed by atoms with Crippen LogP contribution in [0, 0.1) is 6.92 Å². The lowest BCUT2D eigenvalue weighted by Gasteiger charge is -2.13. The molecule has 0 radical (unpaired) electrons. The Morgan fingerprint density at radius 1 is 1.03 bits per heavy atom. The van der Waals surface area contributed by atoms with Gasteiger partial charge in [-0.05, 0) is 55.2 Å². The van der Waals surface area contributed by atoms with Crippen LogP contribution in [0.5, 0.6) is 5.75 Å². The van der Waals surface area contributed by atoms with Gasteiger partial charge in [-0.1, -0.05) is 37.6 Å². The number of nitrogens with zero attached hydrogens (tertiary/aromatic N) is 1. The lowest BCUT2D eigenvalue weighted by atomic mass is 9.97. The summed E-state index contributed by atoms with van der Waals surface area (Å²) in [5, 5.41) is 9.47. The first kappa shape index (κ1) is 22.5. The van der Waals surface area contributed by atoms with E-state index in [-0.39, 0.29) is 5.75 Å². The molecule has 3 N–H and O–H groups in total. The van der Waals surface area contributed by atoms with Gasteiger partial charge in [0.05, 0.1) is 11.1 Å². The van der Waals surface area contributed by atoms with Crippen molar-refractivity contribution in [3.05, 3.63) is 76.6 Å². The van der Waals surface area contributed by atoms with E-state index in [0.717, 1.165) is 29.8 Å². The van der Waals surface area contributed by atoms with Crippen LogP contribution in [0.2, 0.25) is 0 Å². The average Bonchev–Trinajstić information content (AvgIpc) is 2.99. The number of phenols is 1. The molecule has 1 amide bonds. The third-order valence-corrected chi connectivity index (χ3v) is 5.43. The summed E-state index contributed by atoms with van der Waals surface area (Å²) < 4.78 is 41.0. The lowest BCUT2D eigenvalue weighted by molar-refractivity contribution is -0.137. The zero-order chi connectivity index (χ0) is 22.8. The quantitative estimate of drug-likeness (QED) is 0.521. The smallest absolute Gasteiger partial charge is 0.416 e. The SMILES string of the molecule is CCCc1c(-c2ccc(C(F)(F)F)cc2)c(C(N)=O)c(C)n1CCc1ccc(O)cc1. The predicted octanol–water partition coefficient (Wildman–Crippen LogP) is 5.48. The van der Waals surface area contributed by atoms with Crippen LogP contribution < -0.4 is 5.73 Å². The van der Waals surface area contributed by atoms with Gasteiger partial charge in [0.15, 0.2) is 0 Å². The second kappa shape index (κ2) is 8.88. The van der Waals surface area contributed by atoms with Crippen molar-refractivity contribution in [1.82, 2.24) is 4.57 Å². The maximum absolute atomic E-state index is 13.0. The molecule has 0 aliphatic carbocycles. The van der Waals surface area contributed by atoms with Gasteiger partial charge in [0.25, 0.3) is 5.91 Å². The number of rotatable bonds is 7. The highest BCUT2D eigenvalue weighted by Crippen LogP contribution is 2.36. The van der Waals surface area contributed by atoms with E-state index in [1.165, 1.54) is 12.1 Å². The summed E-state index contributed by atoms with van der Waals surface area (Å²) in [6.07, 6.45) is -2.31. The number of primary amides is 1. The summed E-state index contributed by atoms with van der Waals surface area (Å²) in [5.74, 6) is -0.415. The molecule has 3 aromatic rings. The van der Waals surface area contributed by atoms with E-state index in [2.05, 4.69) is 0 Å². The fourth-order valence-corrected chi connectivity index (χ4v) is 3.94. The van der Waals surface area contributed by atoms with Gasteiger partial charge in [0.1, 0.15) is 5.75 Å². The Morgan fingerprint density at radius 2 is 1.65 bits per heavy atom. The van der Waals surface area contributed by atoms with E-state index in [1.54, 1.807) is 12.1 Å². The molecule has 0 spiro atoms. The minimum atomic E-state index is -4.43. The number of benzene rings is 2. The molecule has 0 fully saturated rings. The Hall–Kier alpha value is -3.22. The third-order valence-electron chi connectivity index (χ3n) is 5.43. The molecule has 2 aromatic carbocycles. The molecule has 0 aliphatic rings. The number of aromatic hydroxyl groups is 1. The number of carbonyl (C=O) groups is 1. The fourth-order valence-electron chi connectivity index (χ4n) is 3.94. The molecule has 7 heteroatoms. The molecule has 0 saturated carbocycles. The molecule has 0 aliphatic heterocycles. The van der Waals surface area contributed by atoms with E-state index in [1.807, 2.05) is 30.5 Å². The molecule has 4 nitrogen and oxygen atoms in total. The number of nitrogens with two attached hydrogens (primary N) is 1. The van der Waals surface area contributed by atoms with Crippen LogP contribution in [0.1, 0.15) is 46.2 Å². The zero-order valence-corrected chi connectivity index (χ0v) is 17.5. The highest BCUT2D eigenvalue weighted by molar-refractivity contribution is 6.02. The molecule has 1 heterocycles. The molecule has 164 valence electrons. The number of aromatic nitrogens is 1. The summed E-state index contributed by atoms with van der Waals surface area (Å²) >= 11 is 0. The highest BCUT2D eigenvalue weighted by Gasteiger charge is 2.31. The highest BCUT2D eigenvalue weighted by atomic mass is 19.4. The summed E-state index contributed by atoms with van der Waals surface area (Å²) in [6.45, 7) is 4.39.